The summed E-state index contributed by atoms with van der Waals surface area (Å²) in [6, 6.07) is 11.2. The zero-order valence-corrected chi connectivity index (χ0v) is 20.3. The standard InChI is InChI=1S/C25H28N4O4.ClH/c1-15(2)32-23-7-5-17(10-19(23)11-26)25-27-24(28-33-25)22-6-4-18-12-29(20(13-30)14-31)9-8-21(18)16(22)3;/h4-7,10,15,20,30-31H,8-9,12-14H2,1-3H3;1H. The summed E-state index contributed by atoms with van der Waals surface area (Å²) >= 11 is 0. The molecule has 1 aliphatic rings. The van der Waals surface area contributed by atoms with Gasteiger partial charge >= 0.3 is 0 Å². The molecule has 1 aromatic heterocycles. The normalized spacial score (nSPS) is 13.5. The van der Waals surface area contributed by atoms with Crippen LogP contribution in [0.5, 0.6) is 5.75 Å². The average Bonchev–Trinajstić information content (AvgIpc) is 3.30. The molecule has 1 aliphatic heterocycles. The first-order valence-corrected chi connectivity index (χ1v) is 11.1. The van der Waals surface area contributed by atoms with E-state index in [9.17, 15) is 15.5 Å². The van der Waals surface area contributed by atoms with Gasteiger partial charge in [0.05, 0.1) is 30.9 Å². The fraction of sp³-hybridized carbons (Fsp3) is 0.400. The molecule has 0 bridgehead atoms. The quantitative estimate of drug-likeness (QED) is 0.523. The van der Waals surface area contributed by atoms with Crippen LogP contribution in [0.2, 0.25) is 0 Å². The van der Waals surface area contributed by atoms with Gasteiger partial charge in [0.25, 0.3) is 5.89 Å². The summed E-state index contributed by atoms with van der Waals surface area (Å²) in [5, 5.41) is 32.7. The molecule has 0 atom stereocenters. The molecule has 2 heterocycles. The number of rotatable bonds is 7. The Morgan fingerprint density at radius 3 is 2.65 bits per heavy atom. The Morgan fingerprint density at radius 1 is 1.21 bits per heavy atom. The van der Waals surface area contributed by atoms with Crippen LogP contribution in [0.1, 0.15) is 36.1 Å². The Kier molecular flexibility index (Phi) is 8.28. The summed E-state index contributed by atoms with van der Waals surface area (Å²) in [4.78, 5) is 6.70. The molecule has 0 saturated heterocycles. The van der Waals surface area contributed by atoms with E-state index in [0.29, 0.717) is 35.1 Å². The number of hydrogen-bond donors (Lipinski definition) is 2. The third kappa shape index (κ3) is 5.08. The van der Waals surface area contributed by atoms with Crippen molar-refractivity contribution in [2.45, 2.75) is 45.9 Å². The highest BCUT2D eigenvalue weighted by Gasteiger charge is 2.25. The second-order valence-corrected chi connectivity index (χ2v) is 8.53. The largest absolute Gasteiger partial charge is 0.490 e. The van der Waals surface area contributed by atoms with Crippen LogP contribution >= 0.6 is 12.4 Å². The van der Waals surface area contributed by atoms with Gasteiger partial charge in [0.15, 0.2) is 0 Å². The zero-order chi connectivity index (χ0) is 23.5. The van der Waals surface area contributed by atoms with Gasteiger partial charge in [-0.15, -0.1) is 12.4 Å². The van der Waals surface area contributed by atoms with Crippen LogP contribution in [0.3, 0.4) is 0 Å². The van der Waals surface area contributed by atoms with Gasteiger partial charge in [-0.2, -0.15) is 10.2 Å². The number of nitrogens with zero attached hydrogens (tertiary/aromatic N) is 4. The number of nitriles is 1. The predicted molar refractivity (Wildman–Crippen MR) is 130 cm³/mol. The number of benzene rings is 2. The molecule has 0 spiro atoms. The number of fused-ring (bicyclic) bond motifs is 1. The monoisotopic (exact) mass is 484 g/mol. The third-order valence-corrected chi connectivity index (χ3v) is 6.03. The third-order valence-electron chi connectivity index (χ3n) is 6.03. The van der Waals surface area contributed by atoms with E-state index in [1.165, 1.54) is 11.1 Å². The Labute approximate surface area is 205 Å². The van der Waals surface area contributed by atoms with Gasteiger partial charge in [-0.3, -0.25) is 4.90 Å². The molecule has 3 aromatic rings. The summed E-state index contributed by atoms with van der Waals surface area (Å²) in [5.74, 6) is 1.37. The Morgan fingerprint density at radius 2 is 1.97 bits per heavy atom. The van der Waals surface area contributed by atoms with Crippen LogP contribution in [-0.2, 0) is 13.0 Å². The molecule has 0 unspecified atom stereocenters. The van der Waals surface area contributed by atoms with Crippen molar-refractivity contribution in [3.8, 4) is 34.7 Å². The molecule has 9 heteroatoms. The zero-order valence-electron chi connectivity index (χ0n) is 19.5. The van der Waals surface area contributed by atoms with Crippen LogP contribution in [0.25, 0.3) is 22.8 Å². The van der Waals surface area contributed by atoms with Crippen molar-refractivity contribution < 1.29 is 19.5 Å². The second kappa shape index (κ2) is 11.0. The molecule has 0 amide bonds. The van der Waals surface area contributed by atoms with E-state index in [2.05, 4.69) is 34.1 Å². The minimum absolute atomic E-state index is 0. The van der Waals surface area contributed by atoms with E-state index in [1.54, 1.807) is 12.1 Å². The molecule has 2 aromatic carbocycles. The number of aliphatic hydroxyl groups excluding tert-OH is 2. The van der Waals surface area contributed by atoms with E-state index < -0.39 is 0 Å². The number of hydrogen-bond acceptors (Lipinski definition) is 8. The van der Waals surface area contributed by atoms with Gasteiger partial charge in [0.1, 0.15) is 11.8 Å². The smallest absolute Gasteiger partial charge is 0.258 e. The van der Waals surface area contributed by atoms with Crippen molar-refractivity contribution in [2.75, 3.05) is 19.8 Å². The Hall–Kier alpha value is -2.96. The lowest BCUT2D eigenvalue weighted by molar-refractivity contribution is 0.0650. The summed E-state index contributed by atoms with van der Waals surface area (Å²) in [6.07, 6.45) is 0.786. The number of halogens is 1. The number of ether oxygens (including phenoxy) is 1. The molecule has 0 radical (unpaired) electrons. The summed E-state index contributed by atoms with van der Waals surface area (Å²) in [7, 11) is 0. The maximum absolute atomic E-state index is 9.50. The van der Waals surface area contributed by atoms with E-state index in [-0.39, 0.29) is 37.8 Å². The van der Waals surface area contributed by atoms with Crippen LogP contribution < -0.4 is 4.74 Å². The maximum Gasteiger partial charge on any atom is 0.258 e. The maximum atomic E-state index is 9.50. The highest BCUT2D eigenvalue weighted by atomic mass is 35.5. The molecule has 4 rings (SSSR count). The molecule has 0 aliphatic carbocycles. The summed E-state index contributed by atoms with van der Waals surface area (Å²) in [5.41, 5.74) is 5.50. The van der Waals surface area contributed by atoms with Gasteiger partial charge in [0.2, 0.25) is 5.82 Å². The van der Waals surface area contributed by atoms with Gasteiger partial charge in [0, 0.05) is 24.2 Å². The predicted octanol–water partition coefficient (Wildman–Crippen LogP) is 3.50. The molecular formula is C25H29ClN4O4. The summed E-state index contributed by atoms with van der Waals surface area (Å²) in [6.45, 7) is 7.20. The van der Waals surface area contributed by atoms with Crippen LogP contribution in [0.15, 0.2) is 34.9 Å². The fourth-order valence-electron chi connectivity index (χ4n) is 4.26. The van der Waals surface area contributed by atoms with E-state index in [4.69, 9.17) is 9.26 Å². The fourth-order valence-corrected chi connectivity index (χ4v) is 4.26. The van der Waals surface area contributed by atoms with Gasteiger partial charge < -0.3 is 19.5 Å². The first-order chi connectivity index (χ1) is 15.9. The minimum Gasteiger partial charge on any atom is -0.490 e. The van der Waals surface area contributed by atoms with Crippen molar-refractivity contribution >= 4 is 12.4 Å². The number of aliphatic hydroxyl groups is 2. The number of aromatic nitrogens is 2. The SMILES string of the molecule is Cc1c(-c2noc(-c3ccc(OC(C)C)c(C#N)c3)n2)ccc2c1CCN(C(CO)CO)C2.Cl. The van der Waals surface area contributed by atoms with Crippen molar-refractivity contribution in [1.82, 2.24) is 15.0 Å². The van der Waals surface area contributed by atoms with Crippen molar-refractivity contribution in [2.24, 2.45) is 0 Å². The van der Waals surface area contributed by atoms with E-state index in [1.807, 2.05) is 26.0 Å². The average molecular weight is 485 g/mol. The molecule has 0 fully saturated rings. The Bertz CT molecular complexity index is 1180. The van der Waals surface area contributed by atoms with E-state index >= 15 is 0 Å². The molecule has 34 heavy (non-hydrogen) atoms. The lowest BCUT2D eigenvalue weighted by Gasteiger charge is -2.34. The van der Waals surface area contributed by atoms with Crippen molar-refractivity contribution in [3.63, 3.8) is 0 Å². The minimum atomic E-state index is -0.242. The lowest BCUT2D eigenvalue weighted by atomic mass is 9.91. The van der Waals surface area contributed by atoms with Gasteiger partial charge in [-0.05, 0) is 62.1 Å². The molecule has 0 saturated carbocycles. The first kappa shape index (κ1) is 25.7. The first-order valence-electron chi connectivity index (χ1n) is 11.1. The van der Waals surface area contributed by atoms with Crippen LogP contribution in [0, 0.1) is 18.3 Å². The lowest BCUT2D eigenvalue weighted by Crippen LogP contribution is -2.43. The van der Waals surface area contributed by atoms with Crippen molar-refractivity contribution in [3.05, 3.63) is 52.6 Å². The summed E-state index contributed by atoms with van der Waals surface area (Å²) < 4.78 is 11.2. The van der Waals surface area contributed by atoms with Gasteiger partial charge in [-0.25, -0.2) is 0 Å². The topological polar surface area (TPSA) is 116 Å². The van der Waals surface area contributed by atoms with Crippen LogP contribution in [0.4, 0.5) is 0 Å². The van der Waals surface area contributed by atoms with E-state index in [0.717, 1.165) is 24.1 Å². The van der Waals surface area contributed by atoms with Crippen molar-refractivity contribution in [1.29, 1.82) is 5.26 Å². The highest BCUT2D eigenvalue weighted by Crippen LogP contribution is 2.32. The second-order valence-electron chi connectivity index (χ2n) is 8.53. The molecule has 8 nitrogen and oxygen atoms in total. The highest BCUT2D eigenvalue weighted by molar-refractivity contribution is 5.85. The molecule has 180 valence electrons. The van der Waals surface area contributed by atoms with Crippen LogP contribution in [-0.4, -0.2) is 57.2 Å². The Balaban J connectivity index is 0.00000324. The molecular weight excluding hydrogens is 456 g/mol. The molecule has 2 N–H and O–H groups in total. The van der Waals surface area contributed by atoms with Gasteiger partial charge in [-0.1, -0.05) is 17.3 Å².